The normalized spacial score (nSPS) is 10.9. The molecular formula is C15H8BrF2NO. The summed E-state index contributed by atoms with van der Waals surface area (Å²) in [5.74, 6) is -2.39. The van der Waals surface area contributed by atoms with Gasteiger partial charge in [0.15, 0.2) is 0 Å². The second-order valence-electron chi connectivity index (χ2n) is 4.32. The summed E-state index contributed by atoms with van der Waals surface area (Å²) in [5, 5.41) is 0.626. The van der Waals surface area contributed by atoms with Gasteiger partial charge in [0.25, 0.3) is 0 Å². The van der Waals surface area contributed by atoms with E-state index in [1.807, 2.05) is 0 Å². The summed E-state index contributed by atoms with van der Waals surface area (Å²) in [6, 6.07) is 8.66. The minimum Gasteiger partial charge on any atom is -0.360 e. The molecule has 1 aromatic heterocycles. The van der Waals surface area contributed by atoms with Gasteiger partial charge in [0.05, 0.1) is 5.56 Å². The maximum Gasteiger partial charge on any atom is 0.201 e. The molecule has 0 aliphatic rings. The van der Waals surface area contributed by atoms with Crippen molar-refractivity contribution in [3.63, 3.8) is 0 Å². The van der Waals surface area contributed by atoms with E-state index < -0.39 is 23.0 Å². The first kappa shape index (κ1) is 13.0. The number of aromatic nitrogens is 1. The van der Waals surface area contributed by atoms with E-state index in [0.29, 0.717) is 5.39 Å². The third kappa shape index (κ3) is 2.04. The van der Waals surface area contributed by atoms with E-state index in [9.17, 15) is 13.6 Å². The summed E-state index contributed by atoms with van der Waals surface area (Å²) in [6.45, 7) is 0. The van der Waals surface area contributed by atoms with Gasteiger partial charge >= 0.3 is 0 Å². The van der Waals surface area contributed by atoms with Crippen molar-refractivity contribution in [2.75, 3.05) is 0 Å². The van der Waals surface area contributed by atoms with Crippen molar-refractivity contribution >= 4 is 32.6 Å². The number of ketones is 1. The predicted octanol–water partition coefficient (Wildman–Crippen LogP) is 4.44. The van der Waals surface area contributed by atoms with Crippen LogP contribution in [0.2, 0.25) is 0 Å². The zero-order valence-electron chi connectivity index (χ0n) is 10.1. The smallest absolute Gasteiger partial charge is 0.201 e. The molecule has 0 bridgehead atoms. The highest BCUT2D eigenvalue weighted by Crippen LogP contribution is 2.25. The van der Waals surface area contributed by atoms with Crippen molar-refractivity contribution in [3.05, 3.63) is 69.8 Å². The van der Waals surface area contributed by atoms with Gasteiger partial charge in [0, 0.05) is 27.1 Å². The second kappa shape index (κ2) is 4.83. The van der Waals surface area contributed by atoms with Crippen LogP contribution in [0.25, 0.3) is 10.9 Å². The minimum atomic E-state index is -0.860. The Morgan fingerprint density at radius 2 is 1.80 bits per heavy atom. The maximum absolute atomic E-state index is 13.7. The fraction of sp³-hybridized carbons (Fsp3) is 0. The van der Waals surface area contributed by atoms with E-state index in [4.69, 9.17) is 0 Å². The van der Waals surface area contributed by atoms with E-state index in [1.54, 1.807) is 18.2 Å². The van der Waals surface area contributed by atoms with Crippen molar-refractivity contribution in [2.24, 2.45) is 0 Å². The zero-order chi connectivity index (χ0) is 14.3. The van der Waals surface area contributed by atoms with E-state index >= 15 is 0 Å². The Labute approximate surface area is 121 Å². The summed E-state index contributed by atoms with van der Waals surface area (Å²) in [6.07, 6.45) is 1.46. The minimum absolute atomic E-state index is 0.247. The molecule has 0 saturated carbocycles. The van der Waals surface area contributed by atoms with Crippen LogP contribution in [-0.4, -0.2) is 10.8 Å². The van der Waals surface area contributed by atoms with Gasteiger partial charge in [-0.2, -0.15) is 0 Å². The lowest BCUT2D eigenvalue weighted by molar-refractivity contribution is 0.103. The number of hydrogen-bond acceptors (Lipinski definition) is 1. The number of nitrogens with one attached hydrogen (secondary N) is 1. The Morgan fingerprint density at radius 3 is 2.50 bits per heavy atom. The van der Waals surface area contributed by atoms with E-state index in [-0.39, 0.29) is 5.56 Å². The lowest BCUT2D eigenvalue weighted by Gasteiger charge is -2.03. The third-order valence-corrected chi connectivity index (χ3v) is 3.57. The van der Waals surface area contributed by atoms with Crippen LogP contribution in [0.5, 0.6) is 0 Å². The van der Waals surface area contributed by atoms with E-state index in [2.05, 4.69) is 20.9 Å². The molecule has 3 aromatic rings. The molecule has 0 radical (unpaired) electrons. The molecule has 0 amide bonds. The number of H-pyrrole nitrogens is 1. The molecule has 5 heteroatoms. The summed E-state index contributed by atoms with van der Waals surface area (Å²) in [5.41, 5.74) is 0.437. The van der Waals surface area contributed by atoms with Gasteiger partial charge in [-0.25, -0.2) is 8.78 Å². The SMILES string of the molecule is O=C(c1c(F)cccc1F)c1c[nH]c2cc(Br)ccc12. The molecule has 1 N–H and O–H groups in total. The molecule has 0 fully saturated rings. The molecular weight excluding hydrogens is 328 g/mol. The number of aromatic amines is 1. The molecule has 3 rings (SSSR count). The van der Waals surface area contributed by atoms with Crippen LogP contribution in [-0.2, 0) is 0 Å². The largest absolute Gasteiger partial charge is 0.360 e. The average molecular weight is 336 g/mol. The predicted molar refractivity (Wildman–Crippen MR) is 75.8 cm³/mol. The van der Waals surface area contributed by atoms with Gasteiger partial charge in [-0.3, -0.25) is 4.79 Å². The molecule has 0 unspecified atom stereocenters. The van der Waals surface area contributed by atoms with Crippen LogP contribution in [0.15, 0.2) is 47.1 Å². The molecule has 0 spiro atoms. The van der Waals surface area contributed by atoms with Crippen molar-refractivity contribution in [1.82, 2.24) is 4.98 Å². The molecule has 2 aromatic carbocycles. The van der Waals surface area contributed by atoms with Gasteiger partial charge in [-0.1, -0.05) is 28.1 Å². The fourth-order valence-corrected chi connectivity index (χ4v) is 2.50. The zero-order valence-corrected chi connectivity index (χ0v) is 11.7. The molecule has 1 heterocycles. The quantitative estimate of drug-likeness (QED) is 0.690. The Kier molecular flexibility index (Phi) is 3.14. The van der Waals surface area contributed by atoms with Crippen molar-refractivity contribution in [1.29, 1.82) is 0 Å². The van der Waals surface area contributed by atoms with Gasteiger partial charge in [0.2, 0.25) is 5.78 Å². The Balaban J connectivity index is 2.18. The Morgan fingerprint density at radius 1 is 1.10 bits per heavy atom. The number of hydrogen-bond donors (Lipinski definition) is 1. The number of rotatable bonds is 2. The number of carbonyl (C=O) groups is 1. The Hall–Kier alpha value is -2.01. The summed E-state index contributed by atoms with van der Waals surface area (Å²) in [4.78, 5) is 15.3. The van der Waals surface area contributed by atoms with E-state index in [0.717, 1.165) is 22.1 Å². The first-order valence-electron chi connectivity index (χ1n) is 5.83. The lowest BCUT2D eigenvalue weighted by Crippen LogP contribution is -2.06. The molecule has 0 aliphatic heterocycles. The Bertz CT molecular complexity index is 806. The average Bonchev–Trinajstić information content (AvgIpc) is 2.81. The molecule has 100 valence electrons. The third-order valence-electron chi connectivity index (χ3n) is 3.08. The molecule has 0 atom stereocenters. The highest BCUT2D eigenvalue weighted by molar-refractivity contribution is 9.10. The highest BCUT2D eigenvalue weighted by Gasteiger charge is 2.21. The van der Waals surface area contributed by atoms with Crippen molar-refractivity contribution in [2.45, 2.75) is 0 Å². The summed E-state index contributed by atoms with van der Waals surface area (Å²) < 4.78 is 28.2. The molecule has 2 nitrogen and oxygen atoms in total. The number of carbonyl (C=O) groups excluding carboxylic acids is 1. The second-order valence-corrected chi connectivity index (χ2v) is 5.23. The molecule has 20 heavy (non-hydrogen) atoms. The molecule has 0 aliphatic carbocycles. The number of halogens is 3. The first-order valence-corrected chi connectivity index (χ1v) is 6.62. The fourth-order valence-electron chi connectivity index (χ4n) is 2.14. The monoisotopic (exact) mass is 335 g/mol. The lowest BCUT2D eigenvalue weighted by atomic mass is 10.0. The highest BCUT2D eigenvalue weighted by atomic mass is 79.9. The molecule has 0 saturated heterocycles. The number of fused-ring (bicyclic) bond motifs is 1. The summed E-state index contributed by atoms with van der Waals surface area (Å²) in [7, 11) is 0. The van der Waals surface area contributed by atoms with Crippen LogP contribution in [0.1, 0.15) is 15.9 Å². The first-order chi connectivity index (χ1) is 9.58. The summed E-state index contributed by atoms with van der Waals surface area (Å²) >= 11 is 3.32. The topological polar surface area (TPSA) is 32.9 Å². The van der Waals surface area contributed by atoms with E-state index in [1.165, 1.54) is 12.3 Å². The van der Waals surface area contributed by atoms with Crippen LogP contribution in [0.4, 0.5) is 8.78 Å². The van der Waals surface area contributed by atoms with Gasteiger partial charge in [-0.15, -0.1) is 0 Å². The van der Waals surface area contributed by atoms with Crippen LogP contribution < -0.4 is 0 Å². The van der Waals surface area contributed by atoms with Gasteiger partial charge < -0.3 is 4.98 Å². The van der Waals surface area contributed by atoms with Crippen molar-refractivity contribution < 1.29 is 13.6 Å². The van der Waals surface area contributed by atoms with Crippen molar-refractivity contribution in [3.8, 4) is 0 Å². The van der Waals surface area contributed by atoms with Crippen LogP contribution in [0.3, 0.4) is 0 Å². The van der Waals surface area contributed by atoms with Crippen LogP contribution in [0, 0.1) is 11.6 Å². The van der Waals surface area contributed by atoms with Gasteiger partial charge in [0.1, 0.15) is 11.6 Å². The van der Waals surface area contributed by atoms with Crippen LogP contribution >= 0.6 is 15.9 Å². The standard InChI is InChI=1S/C15H8BrF2NO/c16-8-4-5-9-10(7-19-13(9)6-8)15(20)14-11(17)2-1-3-12(14)18/h1-7,19H. The number of benzene rings is 2. The maximum atomic E-state index is 13.7. The van der Waals surface area contributed by atoms with Gasteiger partial charge in [-0.05, 0) is 24.3 Å².